The topological polar surface area (TPSA) is 150 Å². The lowest BCUT2D eigenvalue weighted by molar-refractivity contribution is 0.157. The van der Waals surface area contributed by atoms with Gasteiger partial charge in [0.05, 0.1) is 6.20 Å². The number of nitriles is 2. The van der Waals surface area contributed by atoms with Gasteiger partial charge in [-0.15, -0.1) is 0 Å². The van der Waals surface area contributed by atoms with Gasteiger partial charge in [0.1, 0.15) is 45.3 Å². The summed E-state index contributed by atoms with van der Waals surface area (Å²) >= 11 is 2.39. The lowest BCUT2D eigenvalue weighted by Gasteiger charge is -2.34. The van der Waals surface area contributed by atoms with Crippen LogP contribution in [0.25, 0.3) is 0 Å². The highest BCUT2D eigenvalue weighted by Gasteiger charge is 2.27. The summed E-state index contributed by atoms with van der Waals surface area (Å²) in [5.41, 5.74) is 0.222. The number of piperidine rings is 1. The molecule has 0 saturated carbocycles. The predicted molar refractivity (Wildman–Crippen MR) is 136 cm³/mol. The van der Waals surface area contributed by atoms with Crippen LogP contribution in [0.4, 0.5) is 21.8 Å². The summed E-state index contributed by atoms with van der Waals surface area (Å²) in [5, 5.41) is 32.7. The molecular weight excluding hydrogens is 500 g/mol. The molecule has 2 N–H and O–H groups in total. The molecule has 5 heterocycles. The number of anilines is 4. The van der Waals surface area contributed by atoms with Crippen LogP contribution >= 0.6 is 22.9 Å². The maximum Gasteiger partial charge on any atom is 0.320 e. The van der Waals surface area contributed by atoms with Gasteiger partial charge in [-0.05, 0) is 18.6 Å². The molecule has 0 radical (unpaired) electrons. The third-order valence-corrected chi connectivity index (χ3v) is 7.86. The van der Waals surface area contributed by atoms with Crippen LogP contribution < -0.4 is 19.9 Å². The highest BCUT2D eigenvalue weighted by molar-refractivity contribution is 7.16. The first-order valence-corrected chi connectivity index (χ1v) is 13.1. The molecule has 0 atom stereocenters. The SMILES string of the molecule is CN1CCN(c2cc(Nc3ncc(C#N)s3)nc(OC3CCN(c4snc(O)c4C#N)CC3)n2)CC1. The van der Waals surface area contributed by atoms with E-state index in [0.717, 1.165) is 43.5 Å². The summed E-state index contributed by atoms with van der Waals surface area (Å²) in [7, 11) is 2.10. The average molecular weight is 525 g/mol. The third kappa shape index (κ3) is 5.26. The molecule has 12 nitrogen and oxygen atoms in total. The number of hydrogen-bond acceptors (Lipinski definition) is 14. The molecule has 2 fully saturated rings. The summed E-state index contributed by atoms with van der Waals surface area (Å²) in [6.45, 7) is 4.92. The lowest BCUT2D eigenvalue weighted by Crippen LogP contribution is -2.45. The van der Waals surface area contributed by atoms with Gasteiger partial charge in [0, 0.05) is 58.2 Å². The first-order valence-electron chi connectivity index (χ1n) is 11.5. The molecular formula is C22H24N10O2S2. The molecule has 0 spiro atoms. The third-order valence-electron chi connectivity index (χ3n) is 6.14. The zero-order valence-electron chi connectivity index (χ0n) is 19.6. The molecule has 14 heteroatoms. The van der Waals surface area contributed by atoms with E-state index in [-0.39, 0.29) is 23.6 Å². The number of likely N-dealkylation sites (N-methyl/N-ethyl adjacent to an activating group) is 1. The summed E-state index contributed by atoms with van der Waals surface area (Å²) in [6.07, 6.45) is 2.87. The van der Waals surface area contributed by atoms with Crippen molar-refractivity contribution in [2.24, 2.45) is 0 Å². The van der Waals surface area contributed by atoms with Gasteiger partial charge in [-0.25, -0.2) is 4.98 Å². The number of hydrogen-bond donors (Lipinski definition) is 2. The minimum absolute atomic E-state index is 0.0889. The second-order valence-electron chi connectivity index (χ2n) is 8.55. The van der Waals surface area contributed by atoms with Crippen molar-refractivity contribution in [1.82, 2.24) is 24.2 Å². The maximum atomic E-state index is 9.78. The van der Waals surface area contributed by atoms with E-state index in [1.165, 1.54) is 17.5 Å². The number of ether oxygens (including phenoxy) is 1. The van der Waals surface area contributed by atoms with Gasteiger partial charge >= 0.3 is 6.01 Å². The van der Waals surface area contributed by atoms with E-state index >= 15 is 0 Å². The van der Waals surface area contributed by atoms with Gasteiger partial charge in [0.25, 0.3) is 0 Å². The van der Waals surface area contributed by atoms with Crippen molar-refractivity contribution >= 4 is 44.6 Å². The van der Waals surface area contributed by atoms with Crippen LogP contribution in [-0.4, -0.2) is 81.8 Å². The first kappa shape index (κ1) is 24.0. The fourth-order valence-corrected chi connectivity index (χ4v) is 5.54. The van der Waals surface area contributed by atoms with Gasteiger partial charge in [0.2, 0.25) is 5.88 Å². The second-order valence-corrected chi connectivity index (χ2v) is 10.3. The second kappa shape index (κ2) is 10.5. The molecule has 0 amide bonds. The van der Waals surface area contributed by atoms with Gasteiger partial charge in [-0.3, -0.25) is 0 Å². The monoisotopic (exact) mass is 524 g/mol. The smallest absolute Gasteiger partial charge is 0.320 e. The number of thiazole rings is 1. The number of rotatable bonds is 6. The Bertz CT molecular complexity index is 1300. The van der Waals surface area contributed by atoms with Crippen molar-refractivity contribution in [3.8, 4) is 24.0 Å². The Labute approximate surface area is 216 Å². The Hall–Kier alpha value is -3.72. The van der Waals surface area contributed by atoms with Crippen molar-refractivity contribution < 1.29 is 9.84 Å². The zero-order valence-corrected chi connectivity index (χ0v) is 21.2. The number of aromatic nitrogens is 4. The minimum Gasteiger partial charge on any atom is -0.492 e. The number of aromatic hydroxyl groups is 1. The molecule has 3 aromatic heterocycles. The van der Waals surface area contributed by atoms with E-state index in [1.807, 2.05) is 12.1 Å². The Balaban J connectivity index is 1.31. The zero-order chi connectivity index (χ0) is 25.1. The molecule has 2 aliphatic heterocycles. The summed E-state index contributed by atoms with van der Waals surface area (Å²) < 4.78 is 10.1. The van der Waals surface area contributed by atoms with Crippen LogP contribution in [0.5, 0.6) is 11.9 Å². The molecule has 5 rings (SSSR count). The van der Waals surface area contributed by atoms with Gasteiger partial charge < -0.3 is 29.9 Å². The molecule has 0 unspecified atom stereocenters. The quantitative estimate of drug-likeness (QED) is 0.487. The molecule has 186 valence electrons. The minimum atomic E-state index is -0.216. The largest absolute Gasteiger partial charge is 0.492 e. The van der Waals surface area contributed by atoms with Crippen LogP contribution in [-0.2, 0) is 0 Å². The molecule has 0 aromatic carbocycles. The Morgan fingerprint density at radius 2 is 1.86 bits per heavy atom. The Morgan fingerprint density at radius 1 is 1.08 bits per heavy atom. The molecule has 2 aliphatic rings. The molecule has 3 aromatic rings. The predicted octanol–water partition coefficient (Wildman–Crippen LogP) is 2.38. The normalized spacial score (nSPS) is 17.0. The Kier molecular flexibility index (Phi) is 6.99. The highest BCUT2D eigenvalue weighted by atomic mass is 32.1. The number of piperazine rings is 1. The van der Waals surface area contributed by atoms with Gasteiger partial charge in [-0.1, -0.05) is 11.3 Å². The van der Waals surface area contributed by atoms with Crippen LogP contribution in [0.1, 0.15) is 23.3 Å². The van der Waals surface area contributed by atoms with Crippen molar-refractivity contribution in [2.75, 3.05) is 61.4 Å². The first-order chi connectivity index (χ1) is 17.5. The van der Waals surface area contributed by atoms with E-state index in [0.29, 0.717) is 46.8 Å². The highest BCUT2D eigenvalue weighted by Crippen LogP contribution is 2.34. The van der Waals surface area contributed by atoms with Crippen molar-refractivity contribution in [3.63, 3.8) is 0 Å². The lowest BCUT2D eigenvalue weighted by atomic mass is 10.1. The van der Waals surface area contributed by atoms with E-state index in [1.54, 1.807) is 0 Å². The van der Waals surface area contributed by atoms with Crippen LogP contribution in [0.15, 0.2) is 12.3 Å². The fourth-order valence-electron chi connectivity index (χ4n) is 4.13. The summed E-state index contributed by atoms with van der Waals surface area (Å²) in [5.74, 6) is 1.13. The average Bonchev–Trinajstić information content (AvgIpc) is 3.50. The van der Waals surface area contributed by atoms with Gasteiger partial charge in [-0.2, -0.15) is 24.9 Å². The van der Waals surface area contributed by atoms with Crippen molar-refractivity contribution in [2.45, 2.75) is 18.9 Å². The number of nitrogens with one attached hydrogen (secondary N) is 1. The van der Waals surface area contributed by atoms with Crippen molar-refractivity contribution in [1.29, 1.82) is 10.5 Å². The maximum absolute atomic E-state index is 9.78. The number of nitrogens with zero attached hydrogens (tertiary/aromatic N) is 9. The van der Waals surface area contributed by atoms with Crippen LogP contribution in [0.2, 0.25) is 0 Å². The van der Waals surface area contributed by atoms with E-state index < -0.39 is 0 Å². The molecule has 36 heavy (non-hydrogen) atoms. The van der Waals surface area contributed by atoms with Crippen molar-refractivity contribution in [3.05, 3.63) is 22.7 Å². The molecule has 2 saturated heterocycles. The molecule has 0 aliphatic carbocycles. The van der Waals surface area contributed by atoms with E-state index in [2.05, 4.69) is 47.5 Å². The van der Waals surface area contributed by atoms with E-state index in [4.69, 9.17) is 15.0 Å². The standard InChI is InChI=1S/C22H24N10O2S2/c1-30-6-8-31(9-7-30)18-10-17(27-22-25-13-15(11-23)35-22)26-21(28-18)34-14-2-4-32(5-3-14)20-16(12-24)19(33)29-36-20/h10,13-14H,2-9H2,1H3,(H,29,33)(H,25,26,27,28). The van der Waals surface area contributed by atoms with Crippen LogP contribution in [0.3, 0.4) is 0 Å². The van der Waals surface area contributed by atoms with Crippen LogP contribution in [0, 0.1) is 22.7 Å². The molecule has 0 bridgehead atoms. The Morgan fingerprint density at radius 3 is 2.56 bits per heavy atom. The summed E-state index contributed by atoms with van der Waals surface area (Å²) in [4.78, 5) is 20.6. The van der Waals surface area contributed by atoms with Gasteiger partial charge in [0.15, 0.2) is 5.13 Å². The summed E-state index contributed by atoms with van der Waals surface area (Å²) in [6, 6.07) is 6.30. The van der Waals surface area contributed by atoms with E-state index in [9.17, 15) is 10.4 Å². The fraction of sp³-hybridized carbons (Fsp3) is 0.455.